The van der Waals surface area contributed by atoms with E-state index in [-0.39, 0.29) is 5.69 Å². The fraction of sp³-hybridized carbons (Fsp3) is 0.353. The molecule has 0 radical (unpaired) electrons. The zero-order valence-corrected chi connectivity index (χ0v) is 13.4. The molecule has 1 aliphatic carbocycles. The van der Waals surface area contributed by atoms with E-state index in [1.165, 1.54) is 11.8 Å². The smallest absolute Gasteiger partial charge is 0.329 e. The molecule has 1 amide bonds. The van der Waals surface area contributed by atoms with Crippen molar-refractivity contribution in [2.45, 2.75) is 31.2 Å². The monoisotopic (exact) mass is 329 g/mol. The van der Waals surface area contributed by atoms with Crippen LogP contribution in [0.25, 0.3) is 5.69 Å². The van der Waals surface area contributed by atoms with Gasteiger partial charge >= 0.3 is 5.97 Å². The molecule has 7 heteroatoms. The fourth-order valence-corrected chi connectivity index (χ4v) is 3.03. The van der Waals surface area contributed by atoms with Gasteiger partial charge in [-0.1, -0.05) is 31.0 Å². The van der Waals surface area contributed by atoms with Crippen molar-refractivity contribution in [2.24, 2.45) is 0 Å². The molecule has 0 spiro atoms. The summed E-state index contributed by atoms with van der Waals surface area (Å²) in [6.07, 6.45) is 4.02. The number of rotatable bonds is 5. The maximum absolute atomic E-state index is 12.6. The summed E-state index contributed by atoms with van der Waals surface area (Å²) >= 11 is 0. The van der Waals surface area contributed by atoms with Gasteiger partial charge in [-0.05, 0) is 25.0 Å². The van der Waals surface area contributed by atoms with Gasteiger partial charge in [-0.25, -0.2) is 9.48 Å². The number of carboxylic acid groups (broad SMARTS) is 1. The van der Waals surface area contributed by atoms with Crippen LogP contribution in [0.3, 0.4) is 0 Å². The second kappa shape index (κ2) is 6.35. The summed E-state index contributed by atoms with van der Waals surface area (Å²) in [7, 11) is 1.45. The molecular formula is C17H19N3O4. The standard InChI is InChI=1S/C17H19N3O4/c1-24-13-11-20(12-7-3-2-4-8-12)19-14(13)15(21)18-17(16(22)23)9-5-6-10-17/h2-4,7-8,11H,5-6,9-10H2,1H3,(H,18,21)(H,22,23). The van der Waals surface area contributed by atoms with Crippen molar-refractivity contribution in [3.63, 3.8) is 0 Å². The van der Waals surface area contributed by atoms with Gasteiger partial charge in [-0.15, -0.1) is 0 Å². The SMILES string of the molecule is COc1cn(-c2ccccc2)nc1C(=O)NC1(C(=O)O)CCCC1. The van der Waals surface area contributed by atoms with Gasteiger partial charge in [0.1, 0.15) is 5.54 Å². The maximum atomic E-state index is 12.6. The number of ether oxygens (including phenoxy) is 1. The number of methoxy groups -OCH3 is 1. The van der Waals surface area contributed by atoms with Gasteiger partial charge < -0.3 is 15.2 Å². The van der Waals surface area contributed by atoms with Gasteiger partial charge in [0, 0.05) is 0 Å². The minimum atomic E-state index is -1.21. The summed E-state index contributed by atoms with van der Waals surface area (Å²) in [4.78, 5) is 24.2. The van der Waals surface area contributed by atoms with E-state index in [4.69, 9.17) is 4.74 Å². The molecule has 1 aromatic carbocycles. The average Bonchev–Trinajstić information content (AvgIpc) is 3.23. The second-order valence-corrected chi connectivity index (χ2v) is 5.87. The zero-order valence-electron chi connectivity index (χ0n) is 13.4. The topological polar surface area (TPSA) is 93.5 Å². The van der Waals surface area contributed by atoms with Crippen LogP contribution in [-0.2, 0) is 4.79 Å². The quantitative estimate of drug-likeness (QED) is 0.875. The lowest BCUT2D eigenvalue weighted by molar-refractivity contribution is -0.144. The minimum Gasteiger partial charge on any atom is -0.493 e. The third-order valence-electron chi connectivity index (χ3n) is 4.36. The van der Waals surface area contributed by atoms with Crippen LogP contribution in [0.1, 0.15) is 36.2 Å². The number of hydrogen-bond acceptors (Lipinski definition) is 4. The molecule has 0 atom stereocenters. The van der Waals surface area contributed by atoms with Gasteiger partial charge in [0.25, 0.3) is 5.91 Å². The van der Waals surface area contributed by atoms with Crippen LogP contribution >= 0.6 is 0 Å². The Morgan fingerprint density at radius 2 is 1.92 bits per heavy atom. The minimum absolute atomic E-state index is 0.0777. The molecule has 0 saturated heterocycles. The van der Waals surface area contributed by atoms with Gasteiger partial charge in [-0.3, -0.25) is 4.79 Å². The highest BCUT2D eigenvalue weighted by atomic mass is 16.5. The Morgan fingerprint density at radius 3 is 2.50 bits per heavy atom. The van der Waals surface area contributed by atoms with Crippen molar-refractivity contribution in [1.82, 2.24) is 15.1 Å². The number of nitrogens with one attached hydrogen (secondary N) is 1. The first-order chi connectivity index (χ1) is 11.6. The Labute approximate surface area is 139 Å². The molecule has 24 heavy (non-hydrogen) atoms. The molecule has 126 valence electrons. The Balaban J connectivity index is 1.90. The first-order valence-corrected chi connectivity index (χ1v) is 7.81. The number of hydrogen-bond donors (Lipinski definition) is 2. The third-order valence-corrected chi connectivity index (χ3v) is 4.36. The number of aliphatic carboxylic acids is 1. The lowest BCUT2D eigenvalue weighted by atomic mass is 9.97. The second-order valence-electron chi connectivity index (χ2n) is 5.87. The number of benzene rings is 1. The molecule has 0 unspecified atom stereocenters. The summed E-state index contributed by atoms with van der Waals surface area (Å²) in [5.41, 5.74) is -0.351. The molecule has 0 bridgehead atoms. The van der Waals surface area contributed by atoms with Crippen LogP contribution in [-0.4, -0.2) is 39.4 Å². The van der Waals surface area contributed by atoms with Crippen LogP contribution in [0.5, 0.6) is 5.75 Å². The van der Waals surface area contributed by atoms with E-state index in [1.54, 1.807) is 6.20 Å². The molecule has 2 N–H and O–H groups in total. The maximum Gasteiger partial charge on any atom is 0.329 e. The van der Waals surface area contributed by atoms with E-state index < -0.39 is 17.4 Å². The summed E-state index contributed by atoms with van der Waals surface area (Å²) in [5.74, 6) is -1.24. The number of aromatic nitrogens is 2. The Hall–Kier alpha value is -2.83. The highest BCUT2D eigenvalue weighted by Crippen LogP contribution is 2.31. The number of carbonyl (C=O) groups excluding carboxylic acids is 1. The van der Waals surface area contributed by atoms with Crippen molar-refractivity contribution < 1.29 is 19.4 Å². The van der Waals surface area contributed by atoms with Crippen LogP contribution in [0.2, 0.25) is 0 Å². The van der Waals surface area contributed by atoms with Crippen LogP contribution < -0.4 is 10.1 Å². The molecule has 1 aliphatic rings. The highest BCUT2D eigenvalue weighted by molar-refractivity contribution is 5.98. The zero-order chi connectivity index (χ0) is 17.2. The van der Waals surface area contributed by atoms with Gasteiger partial charge in [0.05, 0.1) is 19.0 Å². The third kappa shape index (κ3) is 2.84. The van der Waals surface area contributed by atoms with Crippen LogP contribution in [0.4, 0.5) is 0 Å². The van der Waals surface area contributed by atoms with Crippen LogP contribution in [0.15, 0.2) is 36.5 Å². The molecule has 0 aliphatic heterocycles. The van der Waals surface area contributed by atoms with Crippen molar-refractivity contribution in [1.29, 1.82) is 0 Å². The lowest BCUT2D eigenvalue weighted by Crippen LogP contribution is -2.52. The molecule has 3 rings (SSSR count). The van der Waals surface area contributed by atoms with E-state index in [0.29, 0.717) is 18.6 Å². The number of nitrogens with zero attached hydrogens (tertiary/aromatic N) is 2. The van der Waals surface area contributed by atoms with E-state index in [9.17, 15) is 14.7 Å². The Kier molecular flexibility index (Phi) is 4.24. The largest absolute Gasteiger partial charge is 0.493 e. The van der Waals surface area contributed by atoms with Crippen molar-refractivity contribution in [3.05, 3.63) is 42.2 Å². The molecular weight excluding hydrogens is 310 g/mol. The Bertz CT molecular complexity index is 748. The van der Waals surface area contributed by atoms with E-state index in [1.807, 2.05) is 30.3 Å². The van der Waals surface area contributed by atoms with Gasteiger partial charge in [0.2, 0.25) is 0 Å². The number of carboxylic acids is 1. The van der Waals surface area contributed by atoms with E-state index >= 15 is 0 Å². The fourth-order valence-electron chi connectivity index (χ4n) is 3.03. The van der Waals surface area contributed by atoms with Gasteiger partial charge in [-0.2, -0.15) is 5.10 Å². The van der Waals surface area contributed by atoms with Crippen molar-refractivity contribution in [3.8, 4) is 11.4 Å². The predicted molar refractivity (Wildman–Crippen MR) is 86.4 cm³/mol. The predicted octanol–water partition coefficient (Wildman–Crippen LogP) is 2.01. The summed E-state index contributed by atoms with van der Waals surface area (Å²) < 4.78 is 6.77. The molecule has 1 aromatic heterocycles. The first-order valence-electron chi connectivity index (χ1n) is 7.81. The number of para-hydroxylation sites is 1. The molecule has 1 saturated carbocycles. The lowest BCUT2D eigenvalue weighted by Gasteiger charge is -2.24. The summed E-state index contributed by atoms with van der Waals surface area (Å²) in [5, 5.41) is 16.4. The van der Waals surface area contributed by atoms with E-state index in [0.717, 1.165) is 18.5 Å². The Morgan fingerprint density at radius 1 is 1.25 bits per heavy atom. The highest BCUT2D eigenvalue weighted by Gasteiger charge is 2.43. The molecule has 1 heterocycles. The molecule has 2 aromatic rings. The first kappa shape index (κ1) is 16.0. The van der Waals surface area contributed by atoms with E-state index in [2.05, 4.69) is 10.4 Å². The van der Waals surface area contributed by atoms with Gasteiger partial charge in [0.15, 0.2) is 11.4 Å². The number of carbonyl (C=O) groups is 2. The summed E-state index contributed by atoms with van der Waals surface area (Å²) in [6, 6.07) is 9.31. The van der Waals surface area contributed by atoms with Crippen molar-refractivity contribution >= 4 is 11.9 Å². The molecule has 7 nitrogen and oxygen atoms in total. The van der Waals surface area contributed by atoms with Crippen molar-refractivity contribution in [2.75, 3.05) is 7.11 Å². The number of amides is 1. The summed E-state index contributed by atoms with van der Waals surface area (Å²) in [6.45, 7) is 0. The average molecular weight is 329 g/mol. The molecule has 1 fully saturated rings. The van der Waals surface area contributed by atoms with Crippen LogP contribution in [0, 0.1) is 0 Å². The normalized spacial score (nSPS) is 15.9.